The van der Waals surface area contributed by atoms with E-state index in [0.29, 0.717) is 449 Å². The summed E-state index contributed by atoms with van der Waals surface area (Å²) in [6.07, 6.45) is 2.05. The van der Waals surface area contributed by atoms with E-state index in [4.69, 9.17) is 168 Å². The molecule has 39 nitrogen and oxygen atoms in total. The van der Waals surface area contributed by atoms with E-state index < -0.39 is 0 Å². The summed E-state index contributed by atoms with van der Waals surface area (Å²) < 4.78 is 178. The maximum absolute atomic E-state index is 10.7. The van der Waals surface area contributed by atoms with Gasteiger partial charge in [-0.25, -0.2) is 0 Å². The average Bonchev–Trinajstić information content (AvgIpc) is 2.12. The molecule has 0 aliphatic carbocycles. The van der Waals surface area contributed by atoms with Crippen molar-refractivity contribution >= 4 is 11.8 Å². The summed E-state index contributed by atoms with van der Waals surface area (Å²) in [5.74, 6) is -0.121. The predicted molar refractivity (Wildman–Crippen MR) is 433 cm³/mol. The smallest absolute Gasteiger partial charge is 0.216 e. The van der Waals surface area contributed by atoms with Gasteiger partial charge in [0.1, 0.15) is 0 Å². The Labute approximate surface area is 700 Å². The van der Waals surface area contributed by atoms with Crippen molar-refractivity contribution in [3.05, 3.63) is 0 Å². The number of nitrogens with one attached hydrogen (secondary N) is 2. The molecule has 0 aromatic heterocycles. The third kappa shape index (κ3) is 127. The van der Waals surface area contributed by atoms with Crippen LogP contribution in [0.25, 0.3) is 0 Å². The molecule has 6 N–H and O–H groups in total. The fourth-order valence-corrected chi connectivity index (χ4v) is 7.96. The van der Waals surface area contributed by atoms with Crippen molar-refractivity contribution in [2.45, 2.75) is 40.5 Å². The molecule has 0 heterocycles. The second kappa shape index (κ2) is 118. The highest BCUT2D eigenvalue weighted by molar-refractivity contribution is 5.73. The van der Waals surface area contributed by atoms with Gasteiger partial charge in [0.25, 0.3) is 0 Å². The van der Waals surface area contributed by atoms with E-state index in [1.54, 1.807) is 0 Å². The van der Waals surface area contributed by atoms with Crippen molar-refractivity contribution in [2.24, 2.45) is 11.5 Å². The first-order valence-corrected chi connectivity index (χ1v) is 41.9. The Hall–Kier alpha value is -2.46. The molecule has 0 aromatic rings. The van der Waals surface area contributed by atoms with Gasteiger partial charge in [-0.3, -0.25) is 9.59 Å². The maximum Gasteiger partial charge on any atom is 0.216 e. The van der Waals surface area contributed by atoms with E-state index in [1.807, 2.05) is 0 Å². The van der Waals surface area contributed by atoms with Crippen LogP contribution in [0.5, 0.6) is 0 Å². The SMILES string of the molecule is CC(=O)NCCOCCOCCOCCOCCOCCOCCOCCOCCOCCOCCOCCN.CCCOCCOCCOCCOCCOCCOCCOCCOCCOCCOCCOCCN.CCCOCCOCCOCCOCCOCCOCCOCCOCCOCCOCCOCCNC(C)=O. The summed E-state index contributed by atoms with van der Waals surface area (Å²) in [5.41, 5.74) is 10.6. The van der Waals surface area contributed by atoms with Gasteiger partial charge < -0.3 is 178 Å². The van der Waals surface area contributed by atoms with Crippen LogP contribution in [-0.2, 0) is 166 Å². The van der Waals surface area contributed by atoms with E-state index in [2.05, 4.69) is 24.5 Å². The third-order valence-electron chi connectivity index (χ3n) is 13.6. The van der Waals surface area contributed by atoms with Gasteiger partial charge in [0.15, 0.2) is 0 Å². The zero-order valence-electron chi connectivity index (χ0n) is 72.4. The van der Waals surface area contributed by atoms with Gasteiger partial charge in [-0.05, 0) is 12.8 Å². The second-order valence-electron chi connectivity index (χ2n) is 23.8. The number of hydrogen-bond donors (Lipinski definition) is 4. The van der Waals surface area contributed by atoms with Gasteiger partial charge in [0.05, 0.1) is 423 Å². The molecule has 0 aromatic carbocycles. The predicted octanol–water partition coefficient (Wildman–Crippen LogP) is 0.517. The molecule has 0 radical (unpaired) electrons. The second-order valence-corrected chi connectivity index (χ2v) is 23.8. The lowest BCUT2D eigenvalue weighted by Gasteiger charge is -2.09. The number of nitrogens with two attached hydrogens (primary N) is 2. The van der Waals surface area contributed by atoms with Gasteiger partial charge >= 0.3 is 0 Å². The molecule has 0 aliphatic rings. The molecular formula is C78H162N4O35. The quantitative estimate of drug-likeness (QED) is 0.0603. The molecule has 0 bridgehead atoms. The molecule has 117 heavy (non-hydrogen) atoms. The molecule has 0 atom stereocenters. The summed E-state index contributed by atoms with van der Waals surface area (Å²) in [5, 5.41) is 5.31. The highest BCUT2D eigenvalue weighted by atomic mass is 16.6. The zero-order valence-corrected chi connectivity index (χ0v) is 72.4. The summed E-state index contributed by atoms with van der Waals surface area (Å²) in [6, 6.07) is 0. The molecular weight excluding hydrogens is 1550 g/mol. The average molecular weight is 1720 g/mol. The topological polar surface area (TPSA) is 415 Å². The summed E-state index contributed by atoms with van der Waals surface area (Å²) in [7, 11) is 0. The molecule has 39 heteroatoms. The molecule has 704 valence electrons. The summed E-state index contributed by atoms with van der Waals surface area (Å²) in [4.78, 5) is 21.4. The van der Waals surface area contributed by atoms with Crippen LogP contribution >= 0.6 is 0 Å². The Bertz CT molecular complexity index is 1640. The number of amides is 2. The maximum atomic E-state index is 10.7. The van der Waals surface area contributed by atoms with Gasteiger partial charge in [0.2, 0.25) is 11.8 Å². The molecule has 0 spiro atoms. The zero-order chi connectivity index (χ0) is 84.8. The Morgan fingerprint density at radius 1 is 0.154 bits per heavy atom. The van der Waals surface area contributed by atoms with Crippen molar-refractivity contribution in [1.82, 2.24) is 10.6 Å². The fraction of sp³-hybridized carbons (Fsp3) is 0.974. The van der Waals surface area contributed by atoms with Gasteiger partial charge in [-0.2, -0.15) is 0 Å². The highest BCUT2D eigenvalue weighted by Gasteiger charge is 2.03. The van der Waals surface area contributed by atoms with Crippen molar-refractivity contribution in [3.63, 3.8) is 0 Å². The largest absolute Gasteiger partial charge is 0.379 e. The van der Waals surface area contributed by atoms with E-state index in [1.165, 1.54) is 13.8 Å². The first-order chi connectivity index (χ1) is 58.0. The van der Waals surface area contributed by atoms with Crippen LogP contribution in [0.15, 0.2) is 0 Å². The minimum Gasteiger partial charge on any atom is -0.379 e. The molecule has 0 unspecified atom stereocenters. The van der Waals surface area contributed by atoms with Crippen LogP contribution in [0.3, 0.4) is 0 Å². The number of carbonyl (C=O) groups is 2. The fourth-order valence-electron chi connectivity index (χ4n) is 7.96. The van der Waals surface area contributed by atoms with Crippen LogP contribution in [0.2, 0.25) is 0 Å². The highest BCUT2D eigenvalue weighted by Crippen LogP contribution is 1.94. The Balaban J connectivity index is -0.00000167. The van der Waals surface area contributed by atoms with Crippen LogP contribution in [-0.4, -0.2) is 474 Å². The standard InChI is InChI=1S/C27H55NO12.C26H54N2O12.C25H53NO11/c1-3-5-30-7-9-32-11-13-34-15-17-36-19-21-38-23-25-40-26-24-39-22-20-37-18-16-35-14-12-33-10-8-31-6-4-28-27(2)29;1-26(29)28-3-5-31-7-9-33-11-13-35-15-17-37-19-21-39-23-25-40-24-22-38-20-18-36-16-14-34-12-10-32-8-6-30-4-2-27;1-2-4-27-6-8-29-10-12-31-14-16-33-18-20-35-22-24-37-25-23-36-21-19-34-17-15-32-13-11-30-9-7-28-5-3-26/h3-26H2,1-2H3,(H,28,29);2-25,27H2,1H3,(H,28,29);2-26H2,1H3. The van der Waals surface area contributed by atoms with E-state index in [9.17, 15) is 9.59 Å². The van der Waals surface area contributed by atoms with Gasteiger partial charge in [-0.1, -0.05) is 13.8 Å². The number of rotatable bonds is 104. The summed E-state index contributed by atoms with van der Waals surface area (Å²) in [6.45, 7) is 44.4. The number of ether oxygens (including phenoxy) is 33. The molecule has 0 rings (SSSR count). The first kappa shape index (κ1) is 119. The normalized spacial score (nSPS) is 11.4. The molecule has 0 saturated heterocycles. The molecule has 0 saturated carbocycles. The minimum absolute atomic E-state index is 0.0598. The third-order valence-corrected chi connectivity index (χ3v) is 13.6. The van der Waals surface area contributed by atoms with Crippen LogP contribution < -0.4 is 22.1 Å². The van der Waals surface area contributed by atoms with Crippen LogP contribution in [0.1, 0.15) is 40.5 Å². The van der Waals surface area contributed by atoms with Gasteiger partial charge in [-0.15, -0.1) is 0 Å². The van der Waals surface area contributed by atoms with Crippen LogP contribution in [0, 0.1) is 0 Å². The Morgan fingerprint density at radius 3 is 0.325 bits per heavy atom. The minimum atomic E-state index is -0.0612. The molecule has 0 aliphatic heterocycles. The summed E-state index contributed by atoms with van der Waals surface area (Å²) >= 11 is 0. The van der Waals surface area contributed by atoms with E-state index >= 15 is 0 Å². The van der Waals surface area contributed by atoms with E-state index in [0.717, 1.165) is 26.1 Å². The lowest BCUT2D eigenvalue weighted by Crippen LogP contribution is -2.25. The van der Waals surface area contributed by atoms with Crippen molar-refractivity contribution in [3.8, 4) is 0 Å². The Morgan fingerprint density at radius 2 is 0.239 bits per heavy atom. The lowest BCUT2D eigenvalue weighted by atomic mass is 10.5. The van der Waals surface area contributed by atoms with Crippen molar-refractivity contribution in [1.29, 1.82) is 0 Å². The molecule has 2 amide bonds. The van der Waals surface area contributed by atoms with E-state index in [-0.39, 0.29) is 11.8 Å². The Kier molecular flexibility index (Phi) is 119. The lowest BCUT2D eigenvalue weighted by molar-refractivity contribution is -0.120. The molecule has 0 fully saturated rings. The monoisotopic (exact) mass is 1720 g/mol. The van der Waals surface area contributed by atoms with Gasteiger partial charge in [0, 0.05) is 53.2 Å². The van der Waals surface area contributed by atoms with Crippen molar-refractivity contribution in [2.75, 3.05) is 462 Å². The number of carbonyl (C=O) groups excluding carboxylic acids is 2. The number of hydrogen-bond acceptors (Lipinski definition) is 37. The first-order valence-electron chi connectivity index (χ1n) is 41.9. The van der Waals surface area contributed by atoms with Crippen molar-refractivity contribution < 1.29 is 166 Å². The van der Waals surface area contributed by atoms with Crippen LogP contribution in [0.4, 0.5) is 0 Å².